The van der Waals surface area contributed by atoms with Crippen LogP contribution in [-0.2, 0) is 13.1 Å². The summed E-state index contributed by atoms with van der Waals surface area (Å²) in [5.41, 5.74) is 4.19. The molecule has 1 heterocycles. The molecule has 5 heteroatoms. The van der Waals surface area contributed by atoms with Gasteiger partial charge in [-0.2, -0.15) is 0 Å². The average Bonchev–Trinajstić information content (AvgIpc) is 3.16. The van der Waals surface area contributed by atoms with Crippen molar-refractivity contribution >= 4 is 11.7 Å². The van der Waals surface area contributed by atoms with Crippen molar-refractivity contribution in [3.63, 3.8) is 0 Å². The first kappa shape index (κ1) is 21.2. The van der Waals surface area contributed by atoms with E-state index in [2.05, 4.69) is 47.7 Å². The van der Waals surface area contributed by atoms with E-state index in [4.69, 9.17) is 4.74 Å². The number of nitrogens with one attached hydrogen (secondary N) is 1. The van der Waals surface area contributed by atoms with Gasteiger partial charge in [-0.25, -0.2) is 4.79 Å². The Morgan fingerprint density at radius 2 is 2.00 bits per heavy atom. The molecule has 2 amide bonds. The highest BCUT2D eigenvalue weighted by Crippen LogP contribution is 2.24. The number of rotatable bonds is 9. The summed E-state index contributed by atoms with van der Waals surface area (Å²) >= 11 is 0. The molecule has 1 N–H and O–H groups in total. The van der Waals surface area contributed by atoms with Gasteiger partial charge in [0.05, 0.1) is 18.8 Å². The fourth-order valence-electron chi connectivity index (χ4n) is 3.37. The molecule has 5 nitrogen and oxygen atoms in total. The van der Waals surface area contributed by atoms with Crippen molar-refractivity contribution in [3.8, 4) is 5.75 Å². The van der Waals surface area contributed by atoms with Crippen LogP contribution in [0.1, 0.15) is 23.7 Å². The highest BCUT2D eigenvalue weighted by Gasteiger charge is 2.16. The number of amides is 2. The number of urea groups is 1. The van der Waals surface area contributed by atoms with Crippen LogP contribution in [0.15, 0.2) is 79.5 Å². The van der Waals surface area contributed by atoms with Gasteiger partial charge >= 0.3 is 6.03 Å². The number of carbonyl (C=O) groups excluding carboxylic acids is 1. The Morgan fingerprint density at radius 3 is 2.77 bits per heavy atom. The lowest BCUT2D eigenvalue weighted by molar-refractivity contribution is 0.213. The lowest BCUT2D eigenvalue weighted by atomic mass is 10.1. The Kier molecular flexibility index (Phi) is 7.33. The number of para-hydroxylation sites is 2. The van der Waals surface area contributed by atoms with Crippen LogP contribution in [0.5, 0.6) is 5.75 Å². The zero-order valence-electron chi connectivity index (χ0n) is 17.7. The summed E-state index contributed by atoms with van der Waals surface area (Å²) in [7, 11) is 0. The van der Waals surface area contributed by atoms with E-state index in [1.54, 1.807) is 11.0 Å². The molecular formula is C25H29N3O2. The number of ether oxygens (including phenoxy) is 1. The van der Waals surface area contributed by atoms with Gasteiger partial charge in [0.1, 0.15) is 5.75 Å². The Bertz CT molecular complexity index is 993. The van der Waals surface area contributed by atoms with Crippen molar-refractivity contribution in [1.29, 1.82) is 0 Å². The van der Waals surface area contributed by atoms with E-state index in [9.17, 15) is 4.79 Å². The Balaban J connectivity index is 1.74. The lowest BCUT2D eigenvalue weighted by Gasteiger charge is -2.23. The molecular weight excluding hydrogens is 374 g/mol. The minimum absolute atomic E-state index is 0.189. The third-order valence-corrected chi connectivity index (χ3v) is 4.78. The first-order valence-corrected chi connectivity index (χ1v) is 10.2. The number of aryl methyl sites for hydroxylation is 1. The molecule has 0 aliphatic rings. The highest BCUT2D eigenvalue weighted by molar-refractivity contribution is 5.91. The predicted octanol–water partition coefficient (Wildman–Crippen LogP) is 5.46. The van der Waals surface area contributed by atoms with Crippen molar-refractivity contribution in [2.24, 2.45) is 0 Å². The zero-order valence-corrected chi connectivity index (χ0v) is 17.7. The summed E-state index contributed by atoms with van der Waals surface area (Å²) in [6, 6.07) is 19.8. The van der Waals surface area contributed by atoms with Gasteiger partial charge in [0.2, 0.25) is 0 Å². The number of nitrogens with zero attached hydrogens (tertiary/aromatic N) is 2. The zero-order chi connectivity index (χ0) is 21.3. The minimum atomic E-state index is -0.189. The molecule has 0 fully saturated rings. The van der Waals surface area contributed by atoms with Crippen LogP contribution in [0, 0.1) is 6.92 Å². The highest BCUT2D eigenvalue weighted by atomic mass is 16.5. The van der Waals surface area contributed by atoms with E-state index in [0.29, 0.717) is 31.1 Å². The molecule has 0 saturated carbocycles. The Morgan fingerprint density at radius 1 is 1.17 bits per heavy atom. The second-order valence-corrected chi connectivity index (χ2v) is 7.15. The number of aromatic nitrogens is 1. The predicted molar refractivity (Wildman–Crippen MR) is 122 cm³/mol. The van der Waals surface area contributed by atoms with Crippen molar-refractivity contribution in [1.82, 2.24) is 9.47 Å². The summed E-state index contributed by atoms with van der Waals surface area (Å²) in [4.78, 5) is 14.7. The van der Waals surface area contributed by atoms with Gasteiger partial charge in [-0.15, -0.1) is 6.58 Å². The molecule has 0 unspecified atom stereocenters. The number of hydrogen-bond donors (Lipinski definition) is 1. The molecule has 30 heavy (non-hydrogen) atoms. The molecule has 0 atom stereocenters. The first-order valence-electron chi connectivity index (χ1n) is 10.2. The van der Waals surface area contributed by atoms with Crippen molar-refractivity contribution < 1.29 is 9.53 Å². The summed E-state index contributed by atoms with van der Waals surface area (Å²) in [5.74, 6) is 0.662. The average molecular weight is 404 g/mol. The Labute approximate surface area is 178 Å². The van der Waals surface area contributed by atoms with E-state index in [1.807, 2.05) is 49.5 Å². The monoisotopic (exact) mass is 403 g/mol. The first-order chi connectivity index (χ1) is 14.6. The molecule has 0 aliphatic heterocycles. The number of benzene rings is 2. The maximum Gasteiger partial charge on any atom is 0.322 e. The fourth-order valence-corrected chi connectivity index (χ4v) is 3.37. The maximum atomic E-state index is 13.0. The summed E-state index contributed by atoms with van der Waals surface area (Å²) < 4.78 is 7.79. The molecule has 0 spiro atoms. The van der Waals surface area contributed by atoms with Gasteiger partial charge in [-0.1, -0.05) is 48.0 Å². The molecule has 1 aromatic heterocycles. The van der Waals surface area contributed by atoms with Crippen molar-refractivity contribution in [2.45, 2.75) is 26.9 Å². The minimum Gasteiger partial charge on any atom is -0.492 e. The van der Waals surface area contributed by atoms with E-state index < -0.39 is 0 Å². The topological polar surface area (TPSA) is 46.5 Å². The third-order valence-electron chi connectivity index (χ3n) is 4.78. The Hall–Kier alpha value is -3.47. The van der Waals surface area contributed by atoms with Gasteiger partial charge < -0.3 is 19.5 Å². The maximum absolute atomic E-state index is 13.0. The smallest absolute Gasteiger partial charge is 0.322 e. The van der Waals surface area contributed by atoms with Crippen molar-refractivity contribution in [2.75, 3.05) is 18.5 Å². The fraction of sp³-hybridized carbons (Fsp3) is 0.240. The van der Waals surface area contributed by atoms with Crippen LogP contribution in [0.3, 0.4) is 0 Å². The largest absolute Gasteiger partial charge is 0.492 e. The second kappa shape index (κ2) is 10.3. The molecule has 0 bridgehead atoms. The summed E-state index contributed by atoms with van der Waals surface area (Å²) in [6.45, 7) is 10.1. The van der Waals surface area contributed by atoms with Gasteiger partial charge in [-0.3, -0.25) is 0 Å². The molecule has 156 valence electrons. The number of carbonyl (C=O) groups is 1. The van der Waals surface area contributed by atoms with Gasteiger partial charge in [0.25, 0.3) is 0 Å². The van der Waals surface area contributed by atoms with E-state index in [0.717, 1.165) is 12.2 Å². The summed E-state index contributed by atoms with van der Waals surface area (Å²) in [5, 5.41) is 2.97. The quantitative estimate of drug-likeness (QED) is 0.482. The number of anilines is 1. The molecule has 3 aromatic rings. The molecule has 3 rings (SSSR count). The van der Waals surface area contributed by atoms with E-state index in [1.165, 1.54) is 11.1 Å². The van der Waals surface area contributed by atoms with Crippen LogP contribution >= 0.6 is 0 Å². The third kappa shape index (κ3) is 5.54. The van der Waals surface area contributed by atoms with E-state index >= 15 is 0 Å². The van der Waals surface area contributed by atoms with E-state index in [-0.39, 0.29) is 6.03 Å². The summed E-state index contributed by atoms with van der Waals surface area (Å²) in [6.07, 6.45) is 3.79. The van der Waals surface area contributed by atoms with Crippen LogP contribution in [0.25, 0.3) is 0 Å². The van der Waals surface area contributed by atoms with Crippen LogP contribution in [0.4, 0.5) is 10.5 Å². The molecule has 2 aromatic carbocycles. The molecule has 0 radical (unpaired) electrons. The van der Waals surface area contributed by atoms with Crippen molar-refractivity contribution in [3.05, 3.63) is 96.3 Å². The van der Waals surface area contributed by atoms with Gasteiger partial charge in [0, 0.05) is 25.0 Å². The molecule has 0 aliphatic carbocycles. The normalized spacial score (nSPS) is 10.5. The van der Waals surface area contributed by atoms with Crippen LogP contribution in [0.2, 0.25) is 0 Å². The number of hydrogen-bond acceptors (Lipinski definition) is 2. The SMILES string of the molecule is C=CCN(Cc1cccn1Cc1cccc(C)c1)C(=O)Nc1ccccc1OCC. The standard InChI is InChI=1S/C25H29N3O2/c1-4-15-28(25(29)26-23-13-6-7-14-24(23)30-5-2)19-22-12-9-16-27(22)18-21-11-8-10-20(3)17-21/h4,6-14,16-17H,1,5,15,18-19H2,2-3H3,(H,26,29). The van der Waals surface area contributed by atoms with Crippen LogP contribution in [-0.4, -0.2) is 28.6 Å². The second-order valence-electron chi connectivity index (χ2n) is 7.15. The lowest BCUT2D eigenvalue weighted by Crippen LogP contribution is -2.35. The van der Waals surface area contributed by atoms with Gasteiger partial charge in [-0.05, 0) is 43.7 Å². The molecule has 0 saturated heterocycles. The van der Waals surface area contributed by atoms with Gasteiger partial charge in [0.15, 0.2) is 0 Å². The van der Waals surface area contributed by atoms with Crippen LogP contribution < -0.4 is 10.1 Å².